The molecule has 2 heterocycles. The van der Waals surface area contributed by atoms with Crippen molar-refractivity contribution in [1.29, 1.82) is 0 Å². The van der Waals surface area contributed by atoms with Crippen molar-refractivity contribution >= 4 is 33.8 Å². The third-order valence-electron chi connectivity index (χ3n) is 3.33. The van der Waals surface area contributed by atoms with Crippen LogP contribution in [0.25, 0.3) is 10.9 Å². The highest BCUT2D eigenvalue weighted by atomic mass is 32.1. The molecule has 2 aromatic heterocycles. The van der Waals surface area contributed by atoms with Gasteiger partial charge in [0, 0.05) is 40.6 Å². The van der Waals surface area contributed by atoms with E-state index in [2.05, 4.69) is 15.3 Å². The van der Waals surface area contributed by atoms with Crippen LogP contribution < -0.4 is 11.1 Å². The number of H-pyrrole nitrogens is 1. The Hall–Kier alpha value is -2.34. The lowest BCUT2D eigenvalue weighted by atomic mass is 10.2. The van der Waals surface area contributed by atoms with Crippen molar-refractivity contribution in [3.8, 4) is 0 Å². The number of amides is 1. The number of aromatic nitrogens is 2. The summed E-state index contributed by atoms with van der Waals surface area (Å²) in [4.78, 5) is 19.5. The van der Waals surface area contributed by atoms with Crippen LogP contribution in [0.15, 0.2) is 35.8 Å². The molecule has 0 aliphatic heterocycles. The van der Waals surface area contributed by atoms with E-state index in [4.69, 9.17) is 5.73 Å². The van der Waals surface area contributed by atoms with E-state index in [0.717, 1.165) is 15.9 Å². The summed E-state index contributed by atoms with van der Waals surface area (Å²) in [6, 6.07) is 7.35. The summed E-state index contributed by atoms with van der Waals surface area (Å²) >= 11 is 1.60. The molecule has 0 spiro atoms. The Labute approximate surface area is 126 Å². The molecule has 0 fully saturated rings. The molecule has 5 nitrogen and oxygen atoms in total. The van der Waals surface area contributed by atoms with Crippen LogP contribution in [-0.4, -0.2) is 22.4 Å². The molecule has 1 aromatic carbocycles. The van der Waals surface area contributed by atoms with E-state index in [1.807, 2.05) is 36.6 Å². The number of nitrogen functional groups attached to an aromatic ring is 1. The highest BCUT2D eigenvalue weighted by molar-refractivity contribution is 7.09. The zero-order chi connectivity index (χ0) is 14.8. The third kappa shape index (κ3) is 2.90. The summed E-state index contributed by atoms with van der Waals surface area (Å²) in [7, 11) is 0. The number of thiazole rings is 1. The maximum Gasteiger partial charge on any atom is 0.267 e. The predicted molar refractivity (Wildman–Crippen MR) is 85.6 cm³/mol. The topological polar surface area (TPSA) is 83.8 Å². The number of fused-ring (bicyclic) bond motifs is 1. The lowest BCUT2D eigenvalue weighted by Gasteiger charge is -2.09. The minimum absolute atomic E-state index is 0.117. The van der Waals surface area contributed by atoms with Gasteiger partial charge in [0.25, 0.3) is 5.91 Å². The van der Waals surface area contributed by atoms with Crippen LogP contribution in [0.4, 0.5) is 5.69 Å². The van der Waals surface area contributed by atoms with E-state index < -0.39 is 0 Å². The molecule has 0 aliphatic rings. The van der Waals surface area contributed by atoms with Crippen LogP contribution >= 0.6 is 11.3 Å². The Morgan fingerprint density at radius 1 is 1.48 bits per heavy atom. The van der Waals surface area contributed by atoms with Gasteiger partial charge >= 0.3 is 0 Å². The standard InChI is InChI=1S/C15H16N4OS/c1-9(15-17-4-5-21-15)8-18-14(20)13-7-10-6-11(16)2-3-12(10)19-13/h2-7,9,19H,8,16H2,1H3,(H,18,20). The first-order chi connectivity index (χ1) is 10.1. The van der Waals surface area contributed by atoms with Crippen LogP contribution in [0.5, 0.6) is 0 Å². The fraction of sp³-hybridized carbons (Fsp3) is 0.200. The normalized spacial score (nSPS) is 12.4. The predicted octanol–water partition coefficient (Wildman–Crippen LogP) is 2.74. The second-order valence-electron chi connectivity index (χ2n) is 5.01. The van der Waals surface area contributed by atoms with Gasteiger partial charge in [0.1, 0.15) is 5.69 Å². The molecule has 0 radical (unpaired) electrons. The first kappa shape index (κ1) is 13.6. The Morgan fingerprint density at radius 2 is 2.33 bits per heavy atom. The van der Waals surface area contributed by atoms with Crippen molar-refractivity contribution in [2.75, 3.05) is 12.3 Å². The van der Waals surface area contributed by atoms with Crippen molar-refractivity contribution in [2.45, 2.75) is 12.8 Å². The van der Waals surface area contributed by atoms with E-state index >= 15 is 0 Å². The van der Waals surface area contributed by atoms with Gasteiger partial charge in [-0.2, -0.15) is 0 Å². The second kappa shape index (κ2) is 5.57. The van der Waals surface area contributed by atoms with Gasteiger partial charge in [-0.15, -0.1) is 11.3 Å². The molecule has 0 saturated carbocycles. The molecule has 0 aliphatic carbocycles. The molecule has 6 heteroatoms. The quantitative estimate of drug-likeness (QED) is 0.648. The first-order valence-electron chi connectivity index (χ1n) is 6.69. The Morgan fingerprint density at radius 3 is 3.10 bits per heavy atom. The van der Waals surface area contributed by atoms with E-state index in [0.29, 0.717) is 17.9 Å². The fourth-order valence-electron chi connectivity index (χ4n) is 2.18. The number of hydrogen-bond donors (Lipinski definition) is 3. The van der Waals surface area contributed by atoms with E-state index in [9.17, 15) is 4.79 Å². The SMILES string of the molecule is CC(CNC(=O)c1cc2cc(N)ccc2[nH]1)c1nccs1. The highest BCUT2D eigenvalue weighted by Gasteiger charge is 2.13. The number of nitrogens with zero attached hydrogens (tertiary/aromatic N) is 1. The average Bonchev–Trinajstić information content (AvgIpc) is 3.12. The Bertz CT molecular complexity index is 763. The van der Waals surface area contributed by atoms with E-state index in [-0.39, 0.29) is 11.8 Å². The zero-order valence-electron chi connectivity index (χ0n) is 11.6. The minimum Gasteiger partial charge on any atom is -0.399 e. The van der Waals surface area contributed by atoms with Crippen LogP contribution in [-0.2, 0) is 0 Å². The zero-order valence-corrected chi connectivity index (χ0v) is 12.4. The average molecular weight is 300 g/mol. The molecule has 0 bridgehead atoms. The number of carbonyl (C=O) groups excluding carboxylic acids is 1. The number of aromatic amines is 1. The highest BCUT2D eigenvalue weighted by Crippen LogP contribution is 2.19. The van der Waals surface area contributed by atoms with E-state index in [1.54, 1.807) is 17.5 Å². The molecule has 1 unspecified atom stereocenters. The van der Waals surface area contributed by atoms with Gasteiger partial charge in [-0.05, 0) is 24.3 Å². The van der Waals surface area contributed by atoms with Gasteiger partial charge in [0.05, 0.1) is 5.01 Å². The molecule has 4 N–H and O–H groups in total. The summed E-state index contributed by atoms with van der Waals surface area (Å²) < 4.78 is 0. The number of hydrogen-bond acceptors (Lipinski definition) is 4. The monoisotopic (exact) mass is 300 g/mol. The molecule has 21 heavy (non-hydrogen) atoms. The minimum atomic E-state index is -0.117. The summed E-state index contributed by atoms with van der Waals surface area (Å²) in [5, 5.41) is 6.83. The molecule has 3 rings (SSSR count). The number of benzene rings is 1. The summed E-state index contributed by atoms with van der Waals surface area (Å²) in [6.07, 6.45) is 1.78. The Balaban J connectivity index is 1.69. The van der Waals surface area contributed by atoms with Gasteiger partial charge in [0.15, 0.2) is 0 Å². The van der Waals surface area contributed by atoms with Gasteiger partial charge in [-0.3, -0.25) is 4.79 Å². The van der Waals surface area contributed by atoms with Crippen LogP contribution in [0.3, 0.4) is 0 Å². The Kier molecular flexibility index (Phi) is 3.62. The smallest absolute Gasteiger partial charge is 0.267 e. The fourth-order valence-corrected chi connectivity index (χ4v) is 2.88. The molecular weight excluding hydrogens is 284 g/mol. The number of carbonyl (C=O) groups is 1. The van der Waals surface area contributed by atoms with Crippen molar-refractivity contribution in [3.05, 3.63) is 46.5 Å². The first-order valence-corrected chi connectivity index (χ1v) is 7.57. The van der Waals surface area contributed by atoms with Crippen molar-refractivity contribution in [1.82, 2.24) is 15.3 Å². The van der Waals surface area contributed by atoms with Crippen molar-refractivity contribution in [3.63, 3.8) is 0 Å². The van der Waals surface area contributed by atoms with Crippen LogP contribution in [0.2, 0.25) is 0 Å². The largest absolute Gasteiger partial charge is 0.399 e. The van der Waals surface area contributed by atoms with Gasteiger partial charge < -0.3 is 16.0 Å². The lowest BCUT2D eigenvalue weighted by molar-refractivity contribution is 0.0947. The molecule has 0 saturated heterocycles. The second-order valence-corrected chi connectivity index (χ2v) is 5.94. The number of rotatable bonds is 4. The lowest BCUT2D eigenvalue weighted by Crippen LogP contribution is -2.27. The van der Waals surface area contributed by atoms with E-state index in [1.165, 1.54) is 0 Å². The van der Waals surface area contributed by atoms with Gasteiger partial charge in [-0.1, -0.05) is 6.92 Å². The molecule has 1 amide bonds. The number of nitrogens with two attached hydrogens (primary N) is 1. The molecule has 108 valence electrons. The third-order valence-corrected chi connectivity index (χ3v) is 4.34. The number of nitrogens with one attached hydrogen (secondary N) is 2. The van der Waals surface area contributed by atoms with Crippen LogP contribution in [0.1, 0.15) is 28.3 Å². The maximum absolute atomic E-state index is 12.2. The van der Waals surface area contributed by atoms with Gasteiger partial charge in [-0.25, -0.2) is 4.98 Å². The van der Waals surface area contributed by atoms with Crippen molar-refractivity contribution < 1.29 is 4.79 Å². The van der Waals surface area contributed by atoms with Gasteiger partial charge in [0.2, 0.25) is 0 Å². The van der Waals surface area contributed by atoms with Crippen LogP contribution in [0, 0.1) is 0 Å². The molecule has 3 aromatic rings. The summed E-state index contributed by atoms with van der Waals surface area (Å²) in [5.41, 5.74) is 7.88. The molecule has 1 atom stereocenters. The number of anilines is 1. The van der Waals surface area contributed by atoms with Crippen molar-refractivity contribution in [2.24, 2.45) is 0 Å². The summed E-state index contributed by atoms with van der Waals surface area (Å²) in [6.45, 7) is 2.61. The molecular formula is C15H16N4OS. The maximum atomic E-state index is 12.2. The summed E-state index contributed by atoms with van der Waals surface area (Å²) in [5.74, 6) is 0.0853.